The van der Waals surface area contributed by atoms with Gasteiger partial charge in [0, 0.05) is 40.0 Å². The van der Waals surface area contributed by atoms with Crippen LogP contribution in [0.25, 0.3) is 0 Å². The fourth-order valence-corrected chi connectivity index (χ4v) is 2.80. The number of aryl methyl sites for hydroxylation is 2. The number of carbonyl (C=O) groups excluding carboxylic acids is 3. The molecule has 9 nitrogen and oxygen atoms in total. The number of aromatic nitrogens is 2. The number of hydrogen-bond acceptors (Lipinski definition) is 4. The van der Waals surface area contributed by atoms with Gasteiger partial charge in [-0.1, -0.05) is 0 Å². The number of rotatable bonds is 8. The van der Waals surface area contributed by atoms with Gasteiger partial charge in [0.1, 0.15) is 11.4 Å². The molecule has 0 fully saturated rings. The van der Waals surface area contributed by atoms with Crippen LogP contribution in [0.2, 0.25) is 0 Å². The van der Waals surface area contributed by atoms with Crippen molar-refractivity contribution in [2.24, 2.45) is 14.1 Å². The molecule has 2 rings (SSSR count). The second-order valence-corrected chi connectivity index (χ2v) is 7.00. The molecule has 0 aliphatic heterocycles. The van der Waals surface area contributed by atoms with E-state index in [1.807, 2.05) is 14.1 Å². The van der Waals surface area contributed by atoms with E-state index in [2.05, 4.69) is 20.9 Å². The topological polar surface area (TPSA) is 100 Å². The first-order valence-corrected chi connectivity index (χ1v) is 9.02. The maximum absolute atomic E-state index is 12.5. The van der Waals surface area contributed by atoms with Gasteiger partial charge in [0.25, 0.3) is 11.8 Å². The smallest absolute Gasteiger partial charge is 0.272 e. The number of amides is 3. The van der Waals surface area contributed by atoms with Crippen molar-refractivity contribution in [3.05, 3.63) is 35.9 Å². The highest BCUT2D eigenvalue weighted by atomic mass is 16.2. The highest BCUT2D eigenvalue weighted by Gasteiger charge is 2.16. The molecule has 0 aromatic carbocycles. The van der Waals surface area contributed by atoms with Gasteiger partial charge in [-0.15, -0.1) is 0 Å². The van der Waals surface area contributed by atoms with Crippen LogP contribution >= 0.6 is 0 Å². The first-order valence-electron chi connectivity index (χ1n) is 9.02. The molecule has 9 heteroatoms. The summed E-state index contributed by atoms with van der Waals surface area (Å²) in [6.45, 7) is 2.88. The molecule has 2 heterocycles. The van der Waals surface area contributed by atoms with E-state index in [1.54, 1.807) is 47.8 Å². The summed E-state index contributed by atoms with van der Waals surface area (Å²) < 4.78 is 3.30. The third-order valence-corrected chi connectivity index (χ3v) is 4.12. The van der Waals surface area contributed by atoms with Crippen LogP contribution in [0.5, 0.6) is 0 Å². The van der Waals surface area contributed by atoms with Crippen LogP contribution < -0.4 is 16.0 Å². The van der Waals surface area contributed by atoms with Crippen LogP contribution in [0, 0.1) is 0 Å². The normalized spacial score (nSPS) is 10.8. The zero-order valence-electron chi connectivity index (χ0n) is 17.0. The molecule has 0 radical (unpaired) electrons. The fraction of sp³-hybridized carbons (Fsp3) is 0.421. The van der Waals surface area contributed by atoms with Crippen molar-refractivity contribution < 1.29 is 14.4 Å². The van der Waals surface area contributed by atoms with Crippen LogP contribution in [-0.2, 0) is 18.9 Å². The average Bonchev–Trinajstić information content (AvgIpc) is 3.13. The molecule has 2 aromatic rings. The Balaban J connectivity index is 2.01. The standard InChI is InChI=1S/C19H28N6O3/c1-13(26)21-14-9-17(25(5)11-14)19(28)22-15-10-16(24(4)12-15)18(27)20-7-6-8-23(2)3/h9-12H,6-8H2,1-5H3,(H,20,27)(H,21,26)(H,22,28). The number of hydrogen-bond donors (Lipinski definition) is 3. The van der Waals surface area contributed by atoms with Crippen LogP contribution in [-0.4, -0.2) is 58.9 Å². The Morgan fingerprint density at radius 2 is 1.46 bits per heavy atom. The SMILES string of the molecule is CC(=O)Nc1cc(C(=O)Nc2cc(C(=O)NCCCN(C)C)n(C)c2)n(C)c1. The van der Waals surface area contributed by atoms with E-state index in [0.717, 1.165) is 13.0 Å². The summed E-state index contributed by atoms with van der Waals surface area (Å²) in [5.74, 6) is -0.724. The van der Waals surface area contributed by atoms with Crippen LogP contribution in [0.15, 0.2) is 24.5 Å². The number of nitrogens with zero attached hydrogens (tertiary/aromatic N) is 3. The Morgan fingerprint density at radius 1 is 0.929 bits per heavy atom. The predicted octanol–water partition coefficient (Wildman–Crippen LogP) is 1.26. The predicted molar refractivity (Wildman–Crippen MR) is 109 cm³/mol. The van der Waals surface area contributed by atoms with E-state index < -0.39 is 0 Å². The van der Waals surface area contributed by atoms with Crippen molar-refractivity contribution in [2.75, 3.05) is 37.8 Å². The molecule has 0 saturated heterocycles. The van der Waals surface area contributed by atoms with Gasteiger partial charge in [-0.2, -0.15) is 0 Å². The zero-order chi connectivity index (χ0) is 20.8. The van der Waals surface area contributed by atoms with Gasteiger partial charge >= 0.3 is 0 Å². The Bertz CT molecular complexity index is 865. The molecule has 0 bridgehead atoms. The molecular formula is C19H28N6O3. The highest BCUT2D eigenvalue weighted by molar-refractivity contribution is 6.05. The third kappa shape index (κ3) is 5.71. The maximum atomic E-state index is 12.5. The molecule has 0 aliphatic carbocycles. The Hall–Kier alpha value is -3.07. The molecule has 0 spiro atoms. The van der Waals surface area contributed by atoms with E-state index in [4.69, 9.17) is 0 Å². The molecule has 3 N–H and O–H groups in total. The van der Waals surface area contributed by atoms with Crippen molar-refractivity contribution in [1.82, 2.24) is 19.4 Å². The minimum Gasteiger partial charge on any atom is -0.351 e. The summed E-state index contributed by atoms with van der Waals surface area (Å²) in [6, 6.07) is 3.23. The van der Waals surface area contributed by atoms with E-state index in [0.29, 0.717) is 29.3 Å². The van der Waals surface area contributed by atoms with E-state index in [-0.39, 0.29) is 17.7 Å². The minimum atomic E-state index is -0.331. The Kier molecular flexibility index (Phi) is 7.00. The van der Waals surface area contributed by atoms with Crippen molar-refractivity contribution >= 4 is 29.1 Å². The second-order valence-electron chi connectivity index (χ2n) is 7.00. The molecule has 28 heavy (non-hydrogen) atoms. The number of anilines is 2. The monoisotopic (exact) mass is 388 g/mol. The van der Waals surface area contributed by atoms with Crippen molar-refractivity contribution in [2.45, 2.75) is 13.3 Å². The van der Waals surface area contributed by atoms with Gasteiger partial charge in [-0.25, -0.2) is 0 Å². The summed E-state index contributed by atoms with van der Waals surface area (Å²) >= 11 is 0. The molecule has 3 amide bonds. The number of carbonyl (C=O) groups is 3. The van der Waals surface area contributed by atoms with Crippen molar-refractivity contribution in [3.8, 4) is 0 Å². The van der Waals surface area contributed by atoms with Gasteiger partial charge < -0.3 is 30.0 Å². The molecule has 0 unspecified atom stereocenters. The van der Waals surface area contributed by atoms with Gasteiger partial charge in [0.2, 0.25) is 5.91 Å². The zero-order valence-corrected chi connectivity index (χ0v) is 17.0. The van der Waals surface area contributed by atoms with E-state index in [9.17, 15) is 14.4 Å². The van der Waals surface area contributed by atoms with Gasteiger partial charge in [-0.3, -0.25) is 14.4 Å². The largest absolute Gasteiger partial charge is 0.351 e. The van der Waals surface area contributed by atoms with Gasteiger partial charge in [0.05, 0.1) is 11.4 Å². The summed E-state index contributed by atoms with van der Waals surface area (Å²) in [7, 11) is 7.44. The molecule has 152 valence electrons. The summed E-state index contributed by atoms with van der Waals surface area (Å²) in [6.07, 6.45) is 4.20. The lowest BCUT2D eigenvalue weighted by molar-refractivity contribution is -0.114. The molecule has 2 aromatic heterocycles. The highest BCUT2D eigenvalue weighted by Crippen LogP contribution is 2.17. The molecule has 0 aliphatic rings. The molecule has 0 saturated carbocycles. The van der Waals surface area contributed by atoms with Crippen LogP contribution in [0.4, 0.5) is 11.4 Å². The average molecular weight is 388 g/mol. The van der Waals surface area contributed by atoms with E-state index in [1.165, 1.54) is 6.92 Å². The lowest BCUT2D eigenvalue weighted by Gasteiger charge is -2.10. The minimum absolute atomic E-state index is 0.187. The fourth-order valence-electron chi connectivity index (χ4n) is 2.80. The first-order chi connectivity index (χ1) is 13.2. The molecular weight excluding hydrogens is 360 g/mol. The second kappa shape index (κ2) is 9.23. The van der Waals surface area contributed by atoms with Crippen LogP contribution in [0.1, 0.15) is 34.3 Å². The quantitative estimate of drug-likeness (QED) is 0.593. The number of nitrogens with one attached hydrogen (secondary N) is 3. The van der Waals surface area contributed by atoms with Crippen molar-refractivity contribution in [1.29, 1.82) is 0 Å². The summed E-state index contributed by atoms with van der Waals surface area (Å²) in [4.78, 5) is 38.1. The maximum Gasteiger partial charge on any atom is 0.272 e. The lowest BCUT2D eigenvalue weighted by Crippen LogP contribution is -2.28. The van der Waals surface area contributed by atoms with Gasteiger partial charge in [-0.05, 0) is 39.2 Å². The Morgan fingerprint density at radius 3 is 2.00 bits per heavy atom. The lowest BCUT2D eigenvalue weighted by atomic mass is 10.3. The first kappa shape index (κ1) is 21.2. The van der Waals surface area contributed by atoms with E-state index >= 15 is 0 Å². The van der Waals surface area contributed by atoms with Gasteiger partial charge in [0.15, 0.2) is 0 Å². The Labute approximate surface area is 164 Å². The molecule has 0 atom stereocenters. The van der Waals surface area contributed by atoms with Crippen molar-refractivity contribution in [3.63, 3.8) is 0 Å². The summed E-state index contributed by atoms with van der Waals surface area (Å²) in [5.41, 5.74) is 1.92. The summed E-state index contributed by atoms with van der Waals surface area (Å²) in [5, 5.41) is 8.31. The van der Waals surface area contributed by atoms with Crippen LogP contribution in [0.3, 0.4) is 0 Å². The third-order valence-electron chi connectivity index (χ3n) is 4.12.